The predicted molar refractivity (Wildman–Crippen MR) is 97.8 cm³/mol. The van der Waals surface area contributed by atoms with E-state index in [4.69, 9.17) is 0 Å². The first-order valence-electron chi connectivity index (χ1n) is 8.69. The summed E-state index contributed by atoms with van der Waals surface area (Å²) in [6, 6.07) is 7.52. The van der Waals surface area contributed by atoms with Crippen molar-refractivity contribution in [3.05, 3.63) is 40.8 Å². The third-order valence-electron chi connectivity index (χ3n) is 5.33. The number of rotatable bonds is 4. The number of benzene rings is 1. The zero-order valence-corrected chi connectivity index (χ0v) is 14.6. The maximum Gasteiger partial charge on any atom is 0.411 e. The standard InChI is InChI=1S/C19H21FN2O2S/c20-16-2-1-3-17(18(16)13-6-7-25-11-13)22(19(23)24)10-12-8-14-4-5-15(9-12)21-14/h1-3,6-7,11-12,14-15,21H,4-5,8-10H2,(H,23,24)/t12?,14-,15+. The smallest absolute Gasteiger partial charge is 0.411 e. The lowest BCUT2D eigenvalue weighted by molar-refractivity contribution is 0.198. The van der Waals surface area contributed by atoms with Crippen LogP contribution in [-0.2, 0) is 0 Å². The Bertz CT molecular complexity index is 753. The van der Waals surface area contributed by atoms with Crippen molar-refractivity contribution in [2.24, 2.45) is 5.92 Å². The predicted octanol–water partition coefficient (Wildman–Crippen LogP) is 4.57. The van der Waals surface area contributed by atoms with Crippen LogP contribution in [0.3, 0.4) is 0 Å². The Labute approximate surface area is 150 Å². The van der Waals surface area contributed by atoms with Crippen molar-refractivity contribution >= 4 is 23.1 Å². The Morgan fingerprint density at radius 2 is 2.04 bits per heavy atom. The summed E-state index contributed by atoms with van der Waals surface area (Å²) in [6.45, 7) is 0.421. The molecule has 2 aromatic rings. The molecule has 0 aliphatic carbocycles. The molecule has 1 aromatic carbocycles. The van der Waals surface area contributed by atoms with Crippen LogP contribution in [0.25, 0.3) is 11.1 Å². The van der Waals surface area contributed by atoms with Crippen molar-refractivity contribution in [3.63, 3.8) is 0 Å². The molecule has 25 heavy (non-hydrogen) atoms. The highest BCUT2D eigenvalue weighted by atomic mass is 32.1. The number of hydrogen-bond donors (Lipinski definition) is 2. The number of anilines is 1. The van der Waals surface area contributed by atoms with E-state index in [2.05, 4.69) is 5.32 Å². The van der Waals surface area contributed by atoms with Crippen molar-refractivity contribution in [2.45, 2.75) is 37.8 Å². The lowest BCUT2D eigenvalue weighted by atomic mass is 9.91. The molecule has 132 valence electrons. The van der Waals surface area contributed by atoms with Gasteiger partial charge in [0.15, 0.2) is 0 Å². The van der Waals surface area contributed by atoms with Crippen LogP contribution >= 0.6 is 11.3 Å². The summed E-state index contributed by atoms with van der Waals surface area (Å²) in [5.41, 5.74) is 1.55. The second-order valence-corrected chi connectivity index (χ2v) is 7.79. The van der Waals surface area contributed by atoms with Crippen molar-refractivity contribution in [3.8, 4) is 11.1 Å². The molecule has 3 atom stereocenters. The van der Waals surface area contributed by atoms with E-state index in [1.807, 2.05) is 16.8 Å². The van der Waals surface area contributed by atoms with E-state index in [1.165, 1.54) is 35.1 Å². The molecular weight excluding hydrogens is 339 g/mol. The summed E-state index contributed by atoms with van der Waals surface area (Å²) in [5, 5.41) is 17.1. The normalized spacial score (nSPS) is 25.1. The number of halogens is 1. The SMILES string of the molecule is O=C(O)N(CC1C[C@H]2CC[C@@H](C1)N2)c1cccc(F)c1-c1ccsc1. The maximum atomic E-state index is 14.5. The van der Waals surface area contributed by atoms with Crippen LogP contribution in [0.1, 0.15) is 25.7 Å². The molecular formula is C19H21FN2O2S. The number of nitrogens with zero attached hydrogens (tertiary/aromatic N) is 1. The summed E-state index contributed by atoms with van der Waals surface area (Å²) < 4.78 is 14.5. The molecule has 1 aromatic heterocycles. The molecule has 0 saturated carbocycles. The first-order chi connectivity index (χ1) is 12.1. The van der Waals surface area contributed by atoms with E-state index in [-0.39, 0.29) is 5.82 Å². The summed E-state index contributed by atoms with van der Waals surface area (Å²) in [6.07, 6.45) is 3.31. The number of thiophene rings is 1. The minimum atomic E-state index is -1.02. The highest BCUT2D eigenvalue weighted by Gasteiger charge is 2.35. The highest BCUT2D eigenvalue weighted by Crippen LogP contribution is 2.37. The summed E-state index contributed by atoms with van der Waals surface area (Å²) >= 11 is 1.48. The van der Waals surface area contributed by atoms with Crippen LogP contribution in [0.4, 0.5) is 14.9 Å². The molecule has 2 saturated heterocycles. The molecule has 4 rings (SSSR count). The van der Waals surface area contributed by atoms with Gasteiger partial charge in [-0.05, 0) is 66.1 Å². The number of nitrogens with one attached hydrogen (secondary N) is 1. The molecule has 2 fully saturated rings. The topological polar surface area (TPSA) is 52.6 Å². The van der Waals surface area contributed by atoms with Crippen LogP contribution in [0.2, 0.25) is 0 Å². The van der Waals surface area contributed by atoms with Crippen molar-refractivity contribution in [1.29, 1.82) is 0 Å². The number of piperidine rings is 1. The largest absolute Gasteiger partial charge is 0.465 e. The molecule has 2 N–H and O–H groups in total. The molecule has 2 aliphatic heterocycles. The zero-order chi connectivity index (χ0) is 17.4. The van der Waals surface area contributed by atoms with Crippen molar-refractivity contribution < 1.29 is 14.3 Å². The van der Waals surface area contributed by atoms with Gasteiger partial charge in [0.25, 0.3) is 0 Å². The van der Waals surface area contributed by atoms with Gasteiger partial charge in [0.2, 0.25) is 0 Å². The van der Waals surface area contributed by atoms with Gasteiger partial charge < -0.3 is 10.4 Å². The summed E-state index contributed by atoms with van der Waals surface area (Å²) in [7, 11) is 0. The van der Waals surface area contributed by atoms with Gasteiger partial charge >= 0.3 is 6.09 Å². The van der Waals surface area contributed by atoms with Crippen LogP contribution < -0.4 is 10.2 Å². The van der Waals surface area contributed by atoms with Gasteiger partial charge in [0.1, 0.15) is 5.82 Å². The third kappa shape index (κ3) is 3.28. The highest BCUT2D eigenvalue weighted by molar-refractivity contribution is 7.08. The van der Waals surface area contributed by atoms with Gasteiger partial charge in [-0.3, -0.25) is 4.90 Å². The Hall–Kier alpha value is -1.92. The lowest BCUT2D eigenvalue weighted by Gasteiger charge is -2.33. The maximum absolute atomic E-state index is 14.5. The molecule has 6 heteroatoms. The van der Waals surface area contributed by atoms with Gasteiger partial charge in [-0.25, -0.2) is 9.18 Å². The first-order valence-corrected chi connectivity index (χ1v) is 9.63. The first kappa shape index (κ1) is 16.5. The number of fused-ring (bicyclic) bond motifs is 2. The van der Waals surface area contributed by atoms with Crippen LogP contribution in [0.5, 0.6) is 0 Å². The molecule has 3 heterocycles. The molecule has 1 unspecified atom stereocenters. The lowest BCUT2D eigenvalue weighted by Crippen LogP contribution is -2.43. The fourth-order valence-electron chi connectivity index (χ4n) is 4.29. The Morgan fingerprint density at radius 1 is 1.28 bits per heavy atom. The average Bonchev–Trinajstić information content (AvgIpc) is 3.22. The minimum absolute atomic E-state index is 0.313. The van der Waals surface area contributed by atoms with Crippen molar-refractivity contribution in [2.75, 3.05) is 11.4 Å². The van der Waals surface area contributed by atoms with Gasteiger partial charge in [0, 0.05) is 24.2 Å². The number of amides is 1. The quantitative estimate of drug-likeness (QED) is 0.840. The van der Waals surface area contributed by atoms with E-state index < -0.39 is 6.09 Å². The van der Waals surface area contributed by atoms with Gasteiger partial charge in [-0.15, -0.1) is 0 Å². The van der Waals surface area contributed by atoms with E-state index >= 15 is 0 Å². The molecule has 4 nitrogen and oxygen atoms in total. The van der Waals surface area contributed by atoms with E-state index in [0.29, 0.717) is 35.8 Å². The van der Waals surface area contributed by atoms with E-state index in [1.54, 1.807) is 12.1 Å². The van der Waals surface area contributed by atoms with Crippen molar-refractivity contribution in [1.82, 2.24) is 5.32 Å². The Kier molecular flexibility index (Phi) is 4.48. The molecule has 0 spiro atoms. The molecule has 2 bridgehead atoms. The Morgan fingerprint density at radius 3 is 2.68 bits per heavy atom. The van der Waals surface area contributed by atoms with Crippen LogP contribution in [0.15, 0.2) is 35.0 Å². The summed E-state index contributed by atoms with van der Waals surface area (Å²) in [5.74, 6) is -0.0685. The minimum Gasteiger partial charge on any atom is -0.465 e. The van der Waals surface area contributed by atoms with Crippen LogP contribution in [0, 0.1) is 11.7 Å². The zero-order valence-electron chi connectivity index (χ0n) is 13.8. The second kappa shape index (κ2) is 6.77. The average molecular weight is 360 g/mol. The molecule has 0 radical (unpaired) electrons. The number of carboxylic acid groups (broad SMARTS) is 1. The van der Waals surface area contributed by atoms with E-state index in [0.717, 1.165) is 18.4 Å². The Balaban J connectivity index is 1.65. The van der Waals surface area contributed by atoms with E-state index in [9.17, 15) is 14.3 Å². The van der Waals surface area contributed by atoms with Gasteiger partial charge in [-0.2, -0.15) is 11.3 Å². The molecule has 2 aliphatic rings. The fourth-order valence-corrected chi connectivity index (χ4v) is 4.94. The fraction of sp³-hybridized carbons (Fsp3) is 0.421. The van der Waals surface area contributed by atoms with Gasteiger partial charge in [-0.1, -0.05) is 6.07 Å². The second-order valence-electron chi connectivity index (χ2n) is 7.01. The monoisotopic (exact) mass is 360 g/mol. The summed E-state index contributed by atoms with van der Waals surface area (Å²) in [4.78, 5) is 13.3. The number of carbonyl (C=O) groups is 1. The van der Waals surface area contributed by atoms with Gasteiger partial charge in [0.05, 0.1) is 5.69 Å². The third-order valence-corrected chi connectivity index (χ3v) is 6.02. The number of hydrogen-bond acceptors (Lipinski definition) is 3. The van der Waals surface area contributed by atoms with Crippen LogP contribution in [-0.4, -0.2) is 29.8 Å². The molecule has 1 amide bonds.